The lowest BCUT2D eigenvalue weighted by molar-refractivity contribution is 0.0975. The van der Waals surface area contributed by atoms with Crippen molar-refractivity contribution in [3.05, 3.63) is 47.8 Å². The standard InChI is InChI=1S/C12H13N3O/c16-12(11-9-13-15-14-11)8-4-7-10-5-2-1-3-6-10/h1-3,5-6,9H,4,7-8H2,(H,13,14,15). The van der Waals surface area contributed by atoms with Crippen LogP contribution in [0.15, 0.2) is 36.5 Å². The molecule has 1 heterocycles. The number of hydrogen-bond donors (Lipinski definition) is 1. The molecule has 4 heteroatoms. The van der Waals surface area contributed by atoms with E-state index in [0.717, 1.165) is 12.8 Å². The molecule has 1 aromatic heterocycles. The zero-order chi connectivity index (χ0) is 11.2. The third kappa shape index (κ3) is 2.76. The lowest BCUT2D eigenvalue weighted by atomic mass is 10.1. The Morgan fingerprint density at radius 3 is 2.75 bits per heavy atom. The molecule has 0 aliphatic carbocycles. The van der Waals surface area contributed by atoms with E-state index in [9.17, 15) is 4.79 Å². The van der Waals surface area contributed by atoms with Crippen LogP contribution < -0.4 is 0 Å². The maximum atomic E-state index is 11.6. The van der Waals surface area contributed by atoms with Crippen LogP contribution in [0, 0.1) is 0 Å². The van der Waals surface area contributed by atoms with Crippen molar-refractivity contribution < 1.29 is 4.79 Å². The number of carbonyl (C=O) groups excluding carboxylic acids is 1. The summed E-state index contributed by atoms with van der Waals surface area (Å²) in [7, 11) is 0. The van der Waals surface area contributed by atoms with E-state index < -0.39 is 0 Å². The molecule has 0 aliphatic rings. The second-order valence-corrected chi connectivity index (χ2v) is 3.62. The van der Waals surface area contributed by atoms with Crippen LogP contribution in [0.3, 0.4) is 0 Å². The summed E-state index contributed by atoms with van der Waals surface area (Å²) in [6, 6.07) is 10.1. The van der Waals surface area contributed by atoms with Crippen LogP contribution >= 0.6 is 0 Å². The van der Waals surface area contributed by atoms with Crippen molar-refractivity contribution in [1.82, 2.24) is 15.4 Å². The zero-order valence-electron chi connectivity index (χ0n) is 8.89. The van der Waals surface area contributed by atoms with Crippen LogP contribution in [-0.2, 0) is 6.42 Å². The molecule has 16 heavy (non-hydrogen) atoms. The number of aryl methyl sites for hydroxylation is 1. The highest BCUT2D eigenvalue weighted by Gasteiger charge is 2.07. The average Bonchev–Trinajstić information content (AvgIpc) is 2.84. The molecule has 0 aliphatic heterocycles. The largest absolute Gasteiger partial charge is 0.292 e. The maximum absolute atomic E-state index is 11.6. The van der Waals surface area contributed by atoms with Gasteiger partial charge in [0.25, 0.3) is 0 Å². The molecular formula is C12H13N3O. The number of carbonyl (C=O) groups is 1. The van der Waals surface area contributed by atoms with E-state index in [-0.39, 0.29) is 5.78 Å². The molecule has 0 atom stereocenters. The number of aromatic amines is 1. The van der Waals surface area contributed by atoms with Crippen LogP contribution in [0.5, 0.6) is 0 Å². The van der Waals surface area contributed by atoms with Crippen LogP contribution in [0.4, 0.5) is 0 Å². The maximum Gasteiger partial charge on any atom is 0.184 e. The van der Waals surface area contributed by atoms with Gasteiger partial charge in [0, 0.05) is 6.42 Å². The molecule has 1 aromatic carbocycles. The van der Waals surface area contributed by atoms with E-state index in [1.807, 2.05) is 18.2 Å². The fraction of sp³-hybridized carbons (Fsp3) is 0.250. The zero-order valence-corrected chi connectivity index (χ0v) is 8.89. The molecule has 82 valence electrons. The van der Waals surface area contributed by atoms with Gasteiger partial charge in [0.2, 0.25) is 0 Å². The smallest absolute Gasteiger partial charge is 0.184 e. The fourth-order valence-electron chi connectivity index (χ4n) is 1.56. The van der Waals surface area contributed by atoms with Crippen molar-refractivity contribution in [2.45, 2.75) is 19.3 Å². The van der Waals surface area contributed by atoms with Crippen molar-refractivity contribution >= 4 is 5.78 Å². The number of aromatic nitrogens is 3. The van der Waals surface area contributed by atoms with Gasteiger partial charge in [-0.3, -0.25) is 4.79 Å². The number of nitrogens with zero attached hydrogens (tertiary/aromatic N) is 2. The van der Waals surface area contributed by atoms with Gasteiger partial charge in [0.15, 0.2) is 5.78 Å². The van der Waals surface area contributed by atoms with Gasteiger partial charge >= 0.3 is 0 Å². The molecule has 1 N–H and O–H groups in total. The second-order valence-electron chi connectivity index (χ2n) is 3.62. The van der Waals surface area contributed by atoms with E-state index in [1.165, 1.54) is 11.8 Å². The van der Waals surface area contributed by atoms with Gasteiger partial charge in [0.1, 0.15) is 5.69 Å². The molecular weight excluding hydrogens is 202 g/mol. The second kappa shape index (κ2) is 5.21. The molecule has 0 saturated heterocycles. The first-order valence-electron chi connectivity index (χ1n) is 5.29. The first-order valence-corrected chi connectivity index (χ1v) is 5.29. The SMILES string of the molecule is O=C(CCCc1ccccc1)c1cn[nH]n1. The highest BCUT2D eigenvalue weighted by atomic mass is 16.1. The van der Waals surface area contributed by atoms with Gasteiger partial charge in [-0.05, 0) is 18.4 Å². The number of hydrogen-bond acceptors (Lipinski definition) is 3. The van der Waals surface area contributed by atoms with E-state index >= 15 is 0 Å². The molecule has 0 radical (unpaired) electrons. The van der Waals surface area contributed by atoms with Crippen molar-refractivity contribution in [3.63, 3.8) is 0 Å². The summed E-state index contributed by atoms with van der Waals surface area (Å²) in [6.07, 6.45) is 3.74. The quantitative estimate of drug-likeness (QED) is 0.776. The Bertz CT molecular complexity index is 437. The Kier molecular flexibility index (Phi) is 3.43. The number of Topliss-reactive ketones (excluding diaryl/α,β-unsaturated/α-hetero) is 1. The van der Waals surface area contributed by atoms with Crippen LogP contribution in [0.1, 0.15) is 28.9 Å². The summed E-state index contributed by atoms with van der Waals surface area (Å²) < 4.78 is 0. The van der Waals surface area contributed by atoms with Gasteiger partial charge in [-0.15, -0.1) is 0 Å². The number of rotatable bonds is 5. The summed E-state index contributed by atoms with van der Waals surface area (Å²) in [4.78, 5) is 11.6. The molecule has 4 nitrogen and oxygen atoms in total. The Hall–Kier alpha value is -1.97. The summed E-state index contributed by atoms with van der Waals surface area (Å²) in [5.41, 5.74) is 1.68. The summed E-state index contributed by atoms with van der Waals surface area (Å²) in [5, 5.41) is 9.81. The molecule has 0 fully saturated rings. The normalized spacial score (nSPS) is 10.2. The Balaban J connectivity index is 1.79. The molecule has 2 rings (SSSR count). The Labute approximate surface area is 93.7 Å². The van der Waals surface area contributed by atoms with Gasteiger partial charge in [-0.2, -0.15) is 15.4 Å². The molecule has 2 aromatic rings. The van der Waals surface area contributed by atoms with E-state index in [2.05, 4.69) is 27.5 Å². The van der Waals surface area contributed by atoms with E-state index in [0.29, 0.717) is 12.1 Å². The predicted molar refractivity (Wildman–Crippen MR) is 60.1 cm³/mol. The minimum Gasteiger partial charge on any atom is -0.292 e. The lowest BCUT2D eigenvalue weighted by Crippen LogP contribution is -2.00. The van der Waals surface area contributed by atoms with Crippen molar-refractivity contribution in [3.8, 4) is 0 Å². The molecule has 0 amide bonds. The first-order chi connectivity index (χ1) is 7.86. The Morgan fingerprint density at radius 1 is 1.25 bits per heavy atom. The minimum atomic E-state index is 0.0460. The number of H-pyrrole nitrogens is 1. The topological polar surface area (TPSA) is 58.6 Å². The lowest BCUT2D eigenvalue weighted by Gasteiger charge is -1.99. The highest BCUT2D eigenvalue weighted by Crippen LogP contribution is 2.06. The van der Waals surface area contributed by atoms with Gasteiger partial charge in [-0.1, -0.05) is 30.3 Å². The number of benzene rings is 1. The van der Waals surface area contributed by atoms with Crippen LogP contribution in [0.2, 0.25) is 0 Å². The van der Waals surface area contributed by atoms with Gasteiger partial charge in [-0.25, -0.2) is 0 Å². The molecule has 0 unspecified atom stereocenters. The number of ketones is 1. The molecule has 0 bridgehead atoms. The Morgan fingerprint density at radius 2 is 2.06 bits per heavy atom. The summed E-state index contributed by atoms with van der Waals surface area (Å²) in [5.74, 6) is 0.0460. The minimum absolute atomic E-state index is 0.0460. The highest BCUT2D eigenvalue weighted by molar-refractivity contribution is 5.93. The molecule has 0 spiro atoms. The third-order valence-corrected chi connectivity index (χ3v) is 2.41. The first kappa shape index (κ1) is 10.5. The average molecular weight is 215 g/mol. The summed E-state index contributed by atoms with van der Waals surface area (Å²) in [6.45, 7) is 0. The van der Waals surface area contributed by atoms with E-state index in [4.69, 9.17) is 0 Å². The summed E-state index contributed by atoms with van der Waals surface area (Å²) >= 11 is 0. The number of nitrogens with one attached hydrogen (secondary N) is 1. The van der Waals surface area contributed by atoms with E-state index in [1.54, 1.807) is 0 Å². The fourth-order valence-corrected chi connectivity index (χ4v) is 1.56. The van der Waals surface area contributed by atoms with Crippen molar-refractivity contribution in [1.29, 1.82) is 0 Å². The van der Waals surface area contributed by atoms with Crippen LogP contribution in [-0.4, -0.2) is 21.2 Å². The van der Waals surface area contributed by atoms with Gasteiger partial charge in [0.05, 0.1) is 6.20 Å². The monoisotopic (exact) mass is 215 g/mol. The molecule has 0 saturated carbocycles. The van der Waals surface area contributed by atoms with Crippen molar-refractivity contribution in [2.24, 2.45) is 0 Å². The van der Waals surface area contributed by atoms with Crippen LogP contribution in [0.25, 0.3) is 0 Å². The van der Waals surface area contributed by atoms with Crippen molar-refractivity contribution in [2.75, 3.05) is 0 Å². The van der Waals surface area contributed by atoms with Gasteiger partial charge < -0.3 is 0 Å². The third-order valence-electron chi connectivity index (χ3n) is 2.41. The predicted octanol–water partition coefficient (Wildman–Crippen LogP) is 2.01.